The van der Waals surface area contributed by atoms with Crippen molar-refractivity contribution >= 4 is 0 Å². The minimum absolute atomic E-state index is 0.836. The molecule has 0 radical (unpaired) electrons. The Bertz CT molecular complexity index is 237. The molecule has 0 aromatic heterocycles. The van der Waals surface area contributed by atoms with Gasteiger partial charge in [-0.1, -0.05) is 38.8 Å². The average Bonchev–Trinajstić information content (AvgIpc) is 2.30. The van der Waals surface area contributed by atoms with Gasteiger partial charge in [-0.3, -0.25) is 0 Å². The van der Waals surface area contributed by atoms with Gasteiger partial charge in [-0.2, -0.15) is 0 Å². The molecular formula is C16H32N2. The van der Waals surface area contributed by atoms with E-state index in [-0.39, 0.29) is 0 Å². The van der Waals surface area contributed by atoms with Crippen LogP contribution in [0.4, 0.5) is 0 Å². The SMILES string of the molecule is C/C=C\C(=C/N(C)CC(CCC)CCC)CNC. The third kappa shape index (κ3) is 8.35. The van der Waals surface area contributed by atoms with Crippen LogP contribution in [0.15, 0.2) is 23.9 Å². The van der Waals surface area contributed by atoms with Crippen LogP contribution in [0.3, 0.4) is 0 Å². The van der Waals surface area contributed by atoms with Gasteiger partial charge in [0.25, 0.3) is 0 Å². The summed E-state index contributed by atoms with van der Waals surface area (Å²) in [6.07, 6.45) is 11.8. The van der Waals surface area contributed by atoms with Crippen molar-refractivity contribution < 1.29 is 0 Å². The fourth-order valence-electron chi connectivity index (χ4n) is 2.45. The van der Waals surface area contributed by atoms with E-state index in [1.807, 2.05) is 7.05 Å². The Balaban J connectivity index is 4.40. The number of nitrogens with one attached hydrogen (secondary N) is 1. The van der Waals surface area contributed by atoms with Crippen LogP contribution < -0.4 is 5.32 Å². The predicted octanol–water partition coefficient (Wildman–Crippen LogP) is 3.81. The molecule has 18 heavy (non-hydrogen) atoms. The normalized spacial score (nSPS) is 12.7. The second-order valence-corrected chi connectivity index (χ2v) is 5.12. The van der Waals surface area contributed by atoms with Gasteiger partial charge in [0.2, 0.25) is 0 Å². The molecule has 0 saturated heterocycles. The molecule has 0 rings (SSSR count). The molecule has 0 spiro atoms. The molecule has 0 aromatic carbocycles. The number of allylic oxidation sites excluding steroid dienone is 1. The molecule has 0 aliphatic rings. The highest BCUT2D eigenvalue weighted by Gasteiger charge is 2.08. The Morgan fingerprint density at radius 3 is 2.28 bits per heavy atom. The van der Waals surface area contributed by atoms with Gasteiger partial charge < -0.3 is 10.2 Å². The van der Waals surface area contributed by atoms with Crippen molar-refractivity contribution in [3.05, 3.63) is 23.9 Å². The molecule has 0 aliphatic heterocycles. The van der Waals surface area contributed by atoms with Crippen molar-refractivity contribution in [2.45, 2.75) is 46.5 Å². The number of hydrogen-bond acceptors (Lipinski definition) is 2. The Morgan fingerprint density at radius 1 is 1.22 bits per heavy atom. The lowest BCUT2D eigenvalue weighted by molar-refractivity contribution is 0.318. The first-order valence-corrected chi connectivity index (χ1v) is 7.36. The molecule has 2 heteroatoms. The van der Waals surface area contributed by atoms with Crippen molar-refractivity contribution in [2.75, 3.05) is 27.2 Å². The van der Waals surface area contributed by atoms with Crippen LogP contribution in [0.1, 0.15) is 46.5 Å². The van der Waals surface area contributed by atoms with Gasteiger partial charge in [0.05, 0.1) is 0 Å². The van der Waals surface area contributed by atoms with Crippen molar-refractivity contribution in [3.63, 3.8) is 0 Å². The van der Waals surface area contributed by atoms with E-state index in [0.717, 1.165) is 12.5 Å². The molecule has 2 nitrogen and oxygen atoms in total. The number of likely N-dealkylation sites (N-methyl/N-ethyl adjacent to an activating group) is 1. The van der Waals surface area contributed by atoms with Crippen molar-refractivity contribution in [1.82, 2.24) is 10.2 Å². The molecule has 0 heterocycles. The van der Waals surface area contributed by atoms with Gasteiger partial charge in [0.1, 0.15) is 0 Å². The summed E-state index contributed by atoms with van der Waals surface area (Å²) in [6, 6.07) is 0. The zero-order valence-corrected chi connectivity index (χ0v) is 13.0. The lowest BCUT2D eigenvalue weighted by Crippen LogP contribution is -2.22. The molecule has 0 aromatic rings. The number of rotatable bonds is 10. The summed E-state index contributed by atoms with van der Waals surface area (Å²) < 4.78 is 0. The van der Waals surface area contributed by atoms with Gasteiger partial charge in [-0.25, -0.2) is 0 Å². The van der Waals surface area contributed by atoms with E-state index in [1.165, 1.54) is 37.8 Å². The molecule has 1 N–H and O–H groups in total. The quantitative estimate of drug-likeness (QED) is 0.595. The summed E-state index contributed by atoms with van der Waals surface area (Å²) in [5.41, 5.74) is 1.34. The third-order valence-corrected chi connectivity index (χ3v) is 3.09. The van der Waals surface area contributed by atoms with Crippen molar-refractivity contribution in [2.24, 2.45) is 5.92 Å². The summed E-state index contributed by atoms with van der Waals surface area (Å²) in [5, 5.41) is 3.22. The first-order valence-electron chi connectivity index (χ1n) is 7.36. The molecule has 0 bridgehead atoms. The summed E-state index contributed by atoms with van der Waals surface area (Å²) in [4.78, 5) is 2.35. The van der Waals surface area contributed by atoms with Gasteiger partial charge >= 0.3 is 0 Å². The maximum Gasteiger partial charge on any atom is 0.0216 e. The van der Waals surface area contributed by atoms with Crippen molar-refractivity contribution in [3.8, 4) is 0 Å². The molecule has 106 valence electrons. The van der Waals surface area contributed by atoms with E-state index >= 15 is 0 Å². The van der Waals surface area contributed by atoms with Gasteiger partial charge in [0.15, 0.2) is 0 Å². The molecule has 0 saturated carbocycles. The minimum Gasteiger partial charge on any atom is -0.380 e. The minimum atomic E-state index is 0.836. The van der Waals surface area contributed by atoms with Gasteiger partial charge in [-0.15, -0.1) is 0 Å². The standard InChI is InChI=1S/C16H32N2/c1-6-9-15(10-7-2)13-18(5)14-16(11-8-3)12-17-4/h8,11,14-15,17H,6-7,9-10,12-13H2,1-5H3/b11-8-,16-14+. The van der Waals surface area contributed by atoms with E-state index < -0.39 is 0 Å². The van der Waals surface area contributed by atoms with Crippen LogP contribution in [-0.2, 0) is 0 Å². The summed E-state index contributed by atoms with van der Waals surface area (Å²) >= 11 is 0. The zero-order chi connectivity index (χ0) is 13.8. The monoisotopic (exact) mass is 252 g/mol. The van der Waals surface area contributed by atoms with E-state index in [9.17, 15) is 0 Å². The fraction of sp³-hybridized carbons (Fsp3) is 0.750. The maximum absolute atomic E-state index is 3.22. The summed E-state index contributed by atoms with van der Waals surface area (Å²) in [6.45, 7) is 8.74. The highest BCUT2D eigenvalue weighted by molar-refractivity contribution is 5.19. The average molecular weight is 252 g/mol. The highest BCUT2D eigenvalue weighted by atomic mass is 15.1. The second-order valence-electron chi connectivity index (χ2n) is 5.12. The Hall–Kier alpha value is -0.760. The maximum atomic E-state index is 3.22. The van der Waals surface area contributed by atoms with Crippen LogP contribution in [-0.4, -0.2) is 32.1 Å². The molecule has 0 fully saturated rings. The molecule has 0 unspecified atom stereocenters. The van der Waals surface area contributed by atoms with Gasteiger partial charge in [-0.05, 0) is 38.3 Å². The van der Waals surface area contributed by atoms with Crippen LogP contribution >= 0.6 is 0 Å². The van der Waals surface area contributed by atoms with Crippen molar-refractivity contribution in [1.29, 1.82) is 0 Å². The highest BCUT2D eigenvalue weighted by Crippen LogP contribution is 2.15. The van der Waals surface area contributed by atoms with E-state index in [4.69, 9.17) is 0 Å². The number of hydrogen-bond donors (Lipinski definition) is 1. The van der Waals surface area contributed by atoms with Gasteiger partial charge in [0, 0.05) is 26.3 Å². The first-order chi connectivity index (χ1) is 8.67. The predicted molar refractivity (Wildman–Crippen MR) is 82.8 cm³/mol. The zero-order valence-electron chi connectivity index (χ0n) is 13.0. The smallest absolute Gasteiger partial charge is 0.0216 e. The molecule has 0 atom stereocenters. The lowest BCUT2D eigenvalue weighted by atomic mass is 9.98. The Kier molecular flexibility index (Phi) is 10.9. The first kappa shape index (κ1) is 17.2. The number of nitrogens with zero attached hydrogens (tertiary/aromatic N) is 1. The van der Waals surface area contributed by atoms with Crippen LogP contribution in [0.2, 0.25) is 0 Å². The Morgan fingerprint density at radius 2 is 1.83 bits per heavy atom. The summed E-state index contributed by atoms with van der Waals surface area (Å²) in [7, 11) is 4.19. The lowest BCUT2D eigenvalue weighted by Gasteiger charge is -2.23. The molecule has 0 aliphatic carbocycles. The second kappa shape index (κ2) is 11.3. The van der Waals surface area contributed by atoms with E-state index in [2.05, 4.69) is 56.4 Å². The van der Waals surface area contributed by atoms with Crippen LogP contribution in [0.25, 0.3) is 0 Å². The topological polar surface area (TPSA) is 15.3 Å². The van der Waals surface area contributed by atoms with E-state index in [0.29, 0.717) is 0 Å². The van der Waals surface area contributed by atoms with E-state index in [1.54, 1.807) is 0 Å². The fourth-order valence-corrected chi connectivity index (χ4v) is 2.45. The Labute approximate surface area is 114 Å². The third-order valence-electron chi connectivity index (χ3n) is 3.09. The summed E-state index contributed by atoms with van der Waals surface area (Å²) in [5.74, 6) is 0.836. The molecular weight excluding hydrogens is 220 g/mol. The molecule has 0 amide bonds. The largest absolute Gasteiger partial charge is 0.380 e. The van der Waals surface area contributed by atoms with Crippen LogP contribution in [0.5, 0.6) is 0 Å². The van der Waals surface area contributed by atoms with Crippen LogP contribution in [0, 0.1) is 5.92 Å².